The van der Waals surface area contributed by atoms with Gasteiger partial charge >= 0.3 is 0 Å². The van der Waals surface area contributed by atoms with E-state index in [1.165, 1.54) is 0 Å². The molecule has 7 nitrogen and oxygen atoms in total. The summed E-state index contributed by atoms with van der Waals surface area (Å²) in [6, 6.07) is 5.57. The Labute approximate surface area is 153 Å². The number of benzene rings is 1. The van der Waals surface area contributed by atoms with Gasteiger partial charge in [0.25, 0.3) is 0 Å². The molecule has 1 aliphatic heterocycles. The Hall–Kier alpha value is -2.54. The van der Waals surface area contributed by atoms with Crippen molar-refractivity contribution in [1.82, 2.24) is 20.4 Å². The van der Waals surface area contributed by atoms with Crippen LogP contribution in [0.15, 0.2) is 30.6 Å². The molecule has 1 aromatic carbocycles. The molecule has 1 aliphatic rings. The van der Waals surface area contributed by atoms with Crippen LogP contribution in [0.4, 0.5) is 0 Å². The highest BCUT2D eigenvalue weighted by molar-refractivity contribution is 5.81. The van der Waals surface area contributed by atoms with Crippen LogP contribution in [0.1, 0.15) is 30.0 Å². The van der Waals surface area contributed by atoms with Gasteiger partial charge in [-0.05, 0) is 30.2 Å². The van der Waals surface area contributed by atoms with E-state index in [0.29, 0.717) is 18.0 Å². The molecule has 1 saturated heterocycles. The molecule has 0 saturated carbocycles. The molecule has 1 unspecified atom stereocenters. The number of aryl methyl sites for hydroxylation is 1. The molecule has 3 rings (SSSR count). The number of carbonyl (C=O) groups excluding carboxylic acids is 1. The van der Waals surface area contributed by atoms with Gasteiger partial charge in [-0.25, -0.2) is 0 Å². The van der Waals surface area contributed by atoms with Gasteiger partial charge in [-0.2, -0.15) is 5.10 Å². The largest absolute Gasteiger partial charge is 0.493 e. The molecule has 2 aromatic rings. The maximum atomic E-state index is 12.9. The van der Waals surface area contributed by atoms with Crippen molar-refractivity contribution in [2.75, 3.05) is 27.3 Å². The van der Waals surface area contributed by atoms with E-state index < -0.39 is 0 Å². The smallest absolute Gasteiger partial charge is 0.225 e. The molecule has 7 heteroatoms. The summed E-state index contributed by atoms with van der Waals surface area (Å²) >= 11 is 0. The van der Waals surface area contributed by atoms with E-state index in [1.807, 2.05) is 44.6 Å². The SMILES string of the molecule is COc1ccc(C(C)NC(=O)[C@H]2CNC[C@@H]2c2cnn(C)c2)cc1OC. The zero-order chi connectivity index (χ0) is 18.7. The van der Waals surface area contributed by atoms with Crippen molar-refractivity contribution < 1.29 is 14.3 Å². The summed E-state index contributed by atoms with van der Waals surface area (Å²) < 4.78 is 12.4. The van der Waals surface area contributed by atoms with E-state index in [1.54, 1.807) is 18.9 Å². The fourth-order valence-electron chi connectivity index (χ4n) is 3.46. The second kappa shape index (κ2) is 7.78. The Morgan fingerprint density at radius 1 is 1.31 bits per heavy atom. The van der Waals surface area contributed by atoms with E-state index in [0.717, 1.165) is 17.7 Å². The van der Waals surface area contributed by atoms with Gasteiger partial charge in [0.2, 0.25) is 5.91 Å². The number of nitrogens with zero attached hydrogens (tertiary/aromatic N) is 2. The van der Waals surface area contributed by atoms with Crippen molar-refractivity contribution in [2.45, 2.75) is 18.9 Å². The van der Waals surface area contributed by atoms with Crippen molar-refractivity contribution >= 4 is 5.91 Å². The Bertz CT molecular complexity index is 774. The second-order valence-electron chi connectivity index (χ2n) is 6.66. The minimum atomic E-state index is -0.127. The van der Waals surface area contributed by atoms with Gasteiger partial charge in [-0.1, -0.05) is 6.07 Å². The molecule has 1 amide bonds. The average molecular weight is 358 g/mol. The Kier molecular flexibility index (Phi) is 5.46. The lowest BCUT2D eigenvalue weighted by Crippen LogP contribution is -2.36. The molecule has 1 fully saturated rings. The monoisotopic (exact) mass is 358 g/mol. The number of ether oxygens (including phenoxy) is 2. The number of hydrogen-bond donors (Lipinski definition) is 2. The Morgan fingerprint density at radius 3 is 2.73 bits per heavy atom. The molecule has 0 aliphatic carbocycles. The van der Waals surface area contributed by atoms with Crippen LogP contribution in [0.2, 0.25) is 0 Å². The first-order valence-corrected chi connectivity index (χ1v) is 8.75. The van der Waals surface area contributed by atoms with Gasteiger partial charge in [0.1, 0.15) is 0 Å². The van der Waals surface area contributed by atoms with E-state index in [2.05, 4.69) is 15.7 Å². The minimum absolute atomic E-state index is 0.0473. The molecule has 2 heterocycles. The Balaban J connectivity index is 1.70. The molecule has 26 heavy (non-hydrogen) atoms. The number of hydrogen-bond acceptors (Lipinski definition) is 5. The summed E-state index contributed by atoms with van der Waals surface area (Å²) in [5.41, 5.74) is 2.07. The van der Waals surface area contributed by atoms with E-state index in [-0.39, 0.29) is 23.8 Å². The molecule has 0 radical (unpaired) electrons. The van der Waals surface area contributed by atoms with Crippen LogP contribution in [0.5, 0.6) is 11.5 Å². The number of rotatable bonds is 6. The van der Waals surface area contributed by atoms with Crippen LogP contribution in [-0.2, 0) is 11.8 Å². The van der Waals surface area contributed by atoms with Gasteiger partial charge in [-0.15, -0.1) is 0 Å². The van der Waals surface area contributed by atoms with Gasteiger partial charge < -0.3 is 20.1 Å². The molecule has 1 aromatic heterocycles. The van der Waals surface area contributed by atoms with Crippen LogP contribution in [0.3, 0.4) is 0 Å². The normalized spacial score (nSPS) is 20.6. The summed E-state index contributed by atoms with van der Waals surface area (Å²) in [7, 11) is 5.10. The first-order valence-electron chi connectivity index (χ1n) is 8.75. The number of amides is 1. The molecule has 0 bridgehead atoms. The summed E-state index contributed by atoms with van der Waals surface area (Å²) in [6.07, 6.45) is 3.82. The van der Waals surface area contributed by atoms with E-state index in [4.69, 9.17) is 9.47 Å². The first kappa shape index (κ1) is 18.3. The van der Waals surface area contributed by atoms with Gasteiger partial charge in [-0.3, -0.25) is 9.48 Å². The van der Waals surface area contributed by atoms with Crippen molar-refractivity contribution in [3.8, 4) is 11.5 Å². The molecule has 140 valence electrons. The second-order valence-corrected chi connectivity index (χ2v) is 6.66. The van der Waals surface area contributed by atoms with Crippen LogP contribution in [0.25, 0.3) is 0 Å². The summed E-state index contributed by atoms with van der Waals surface area (Å²) in [6.45, 7) is 3.43. The fraction of sp³-hybridized carbons (Fsp3) is 0.474. The van der Waals surface area contributed by atoms with Crippen LogP contribution in [0, 0.1) is 5.92 Å². The van der Waals surface area contributed by atoms with Gasteiger partial charge in [0.15, 0.2) is 11.5 Å². The molecule has 3 atom stereocenters. The van der Waals surface area contributed by atoms with Crippen LogP contribution in [-0.4, -0.2) is 43.0 Å². The van der Waals surface area contributed by atoms with Crippen molar-refractivity contribution in [1.29, 1.82) is 0 Å². The average Bonchev–Trinajstić information content (AvgIpc) is 3.29. The molecular formula is C19H26N4O3. The summed E-state index contributed by atoms with van der Waals surface area (Å²) in [5, 5.41) is 10.7. The summed E-state index contributed by atoms with van der Waals surface area (Å²) in [5.74, 6) is 1.41. The number of aromatic nitrogens is 2. The van der Waals surface area contributed by atoms with Crippen LogP contribution >= 0.6 is 0 Å². The number of nitrogens with one attached hydrogen (secondary N) is 2. The quantitative estimate of drug-likeness (QED) is 0.821. The molecular weight excluding hydrogens is 332 g/mol. The highest BCUT2D eigenvalue weighted by Gasteiger charge is 2.35. The predicted octanol–water partition coefficient (Wildman–Crippen LogP) is 1.62. The maximum Gasteiger partial charge on any atom is 0.225 e. The fourth-order valence-corrected chi connectivity index (χ4v) is 3.46. The third-order valence-corrected chi connectivity index (χ3v) is 4.97. The zero-order valence-electron chi connectivity index (χ0n) is 15.7. The Morgan fingerprint density at radius 2 is 2.08 bits per heavy atom. The molecule has 2 N–H and O–H groups in total. The van der Waals surface area contributed by atoms with Crippen molar-refractivity contribution in [3.05, 3.63) is 41.7 Å². The maximum absolute atomic E-state index is 12.9. The van der Waals surface area contributed by atoms with Gasteiger partial charge in [0, 0.05) is 32.3 Å². The van der Waals surface area contributed by atoms with Crippen molar-refractivity contribution in [2.24, 2.45) is 13.0 Å². The summed E-state index contributed by atoms with van der Waals surface area (Å²) in [4.78, 5) is 12.9. The lowest BCUT2D eigenvalue weighted by atomic mass is 9.90. The lowest BCUT2D eigenvalue weighted by molar-refractivity contribution is -0.125. The van der Waals surface area contributed by atoms with Crippen LogP contribution < -0.4 is 20.1 Å². The third kappa shape index (κ3) is 3.67. The van der Waals surface area contributed by atoms with Crippen molar-refractivity contribution in [3.63, 3.8) is 0 Å². The lowest BCUT2D eigenvalue weighted by Gasteiger charge is -2.21. The third-order valence-electron chi connectivity index (χ3n) is 4.97. The minimum Gasteiger partial charge on any atom is -0.493 e. The first-order chi connectivity index (χ1) is 12.5. The highest BCUT2D eigenvalue weighted by atomic mass is 16.5. The standard InChI is InChI=1S/C19H26N4O3/c1-12(13-5-6-17(25-3)18(7-13)26-4)22-19(24)16-10-20-9-15(16)14-8-21-23(2)11-14/h5-8,11-12,15-16,20H,9-10H2,1-4H3,(H,22,24)/t12?,15-,16+/m1/s1. The molecule has 0 spiro atoms. The van der Waals surface area contributed by atoms with E-state index >= 15 is 0 Å². The predicted molar refractivity (Wildman–Crippen MR) is 98.4 cm³/mol. The number of methoxy groups -OCH3 is 2. The van der Waals surface area contributed by atoms with Gasteiger partial charge in [0.05, 0.1) is 32.4 Å². The zero-order valence-corrected chi connectivity index (χ0v) is 15.7. The highest BCUT2D eigenvalue weighted by Crippen LogP contribution is 2.31. The topological polar surface area (TPSA) is 77.4 Å². The van der Waals surface area contributed by atoms with E-state index in [9.17, 15) is 4.79 Å². The number of carbonyl (C=O) groups is 1.